The number of ether oxygens (including phenoxy) is 1. The summed E-state index contributed by atoms with van der Waals surface area (Å²) in [5.74, 6) is 0.967. The quantitative estimate of drug-likeness (QED) is 0.884. The van der Waals surface area contributed by atoms with Crippen LogP contribution in [0.4, 0.5) is 10.6 Å². The smallest absolute Gasteiger partial charge is 0.407 e. The van der Waals surface area contributed by atoms with E-state index in [9.17, 15) is 4.79 Å². The number of piperidine rings is 1. The van der Waals surface area contributed by atoms with Gasteiger partial charge in [0.15, 0.2) is 0 Å². The van der Waals surface area contributed by atoms with Gasteiger partial charge in [0.25, 0.3) is 0 Å². The lowest BCUT2D eigenvalue weighted by atomic mass is 10.0. The molecule has 0 aromatic carbocycles. The Bertz CT molecular complexity index is 726. The van der Waals surface area contributed by atoms with Crippen LogP contribution in [0.3, 0.4) is 0 Å². The third-order valence-electron chi connectivity index (χ3n) is 4.16. The molecule has 1 aliphatic rings. The van der Waals surface area contributed by atoms with Crippen LogP contribution in [0, 0.1) is 6.92 Å². The lowest BCUT2D eigenvalue weighted by Crippen LogP contribution is -2.46. The number of aromatic nitrogens is 3. The van der Waals surface area contributed by atoms with E-state index in [1.54, 1.807) is 6.33 Å². The molecule has 0 radical (unpaired) electrons. The summed E-state index contributed by atoms with van der Waals surface area (Å²) in [5.41, 5.74) is 1.55. The van der Waals surface area contributed by atoms with Crippen LogP contribution < -0.4 is 10.2 Å². The summed E-state index contributed by atoms with van der Waals surface area (Å²) in [6.07, 6.45) is 4.95. The molecule has 7 heteroatoms. The van der Waals surface area contributed by atoms with Crippen LogP contribution in [0.2, 0.25) is 0 Å². The van der Waals surface area contributed by atoms with Crippen molar-refractivity contribution < 1.29 is 9.53 Å². The summed E-state index contributed by atoms with van der Waals surface area (Å²) >= 11 is 0. The molecule has 1 aliphatic heterocycles. The highest BCUT2D eigenvalue weighted by Gasteiger charge is 2.25. The highest BCUT2D eigenvalue weighted by atomic mass is 16.6. The monoisotopic (exact) mass is 331 g/mol. The number of alkyl carbamates (subject to hydrolysis) is 1. The fourth-order valence-corrected chi connectivity index (χ4v) is 3.05. The lowest BCUT2D eigenvalue weighted by molar-refractivity contribution is 0.0497. The maximum absolute atomic E-state index is 11.9. The van der Waals surface area contributed by atoms with E-state index in [1.165, 1.54) is 0 Å². The number of nitrogens with zero attached hydrogens (tertiary/aromatic N) is 3. The second kappa shape index (κ2) is 6.30. The molecule has 0 unspecified atom stereocenters. The third kappa shape index (κ3) is 3.60. The molecule has 0 bridgehead atoms. The average Bonchev–Trinajstić information content (AvgIpc) is 2.88. The van der Waals surface area contributed by atoms with Crippen LogP contribution in [-0.4, -0.2) is 45.8 Å². The highest BCUT2D eigenvalue weighted by Crippen LogP contribution is 2.27. The second-order valence-electron chi connectivity index (χ2n) is 7.30. The number of H-pyrrole nitrogens is 1. The molecule has 1 saturated heterocycles. The van der Waals surface area contributed by atoms with Crippen molar-refractivity contribution in [3.8, 4) is 0 Å². The van der Waals surface area contributed by atoms with Gasteiger partial charge in [-0.05, 0) is 46.1 Å². The van der Waals surface area contributed by atoms with Crippen molar-refractivity contribution >= 4 is 22.9 Å². The van der Waals surface area contributed by atoms with Crippen LogP contribution in [0.1, 0.15) is 39.2 Å². The zero-order chi connectivity index (χ0) is 17.3. The van der Waals surface area contributed by atoms with Crippen molar-refractivity contribution in [3.63, 3.8) is 0 Å². The zero-order valence-corrected chi connectivity index (χ0v) is 14.7. The van der Waals surface area contributed by atoms with E-state index in [0.717, 1.165) is 48.3 Å². The molecule has 0 atom stereocenters. The van der Waals surface area contributed by atoms with Crippen LogP contribution in [0.5, 0.6) is 0 Å². The van der Waals surface area contributed by atoms with Crippen molar-refractivity contribution in [2.45, 2.75) is 52.2 Å². The minimum absolute atomic E-state index is 0.140. The molecule has 7 nitrogen and oxygen atoms in total. The molecule has 1 fully saturated rings. The Balaban J connectivity index is 1.63. The molecular weight excluding hydrogens is 306 g/mol. The van der Waals surface area contributed by atoms with E-state index in [0.29, 0.717) is 0 Å². The summed E-state index contributed by atoms with van der Waals surface area (Å²) in [4.78, 5) is 26.1. The lowest BCUT2D eigenvalue weighted by Gasteiger charge is -2.33. The van der Waals surface area contributed by atoms with Gasteiger partial charge in [0.2, 0.25) is 0 Å². The first-order valence-corrected chi connectivity index (χ1v) is 8.36. The molecule has 24 heavy (non-hydrogen) atoms. The molecule has 2 aromatic heterocycles. The number of carbonyl (C=O) groups excluding carboxylic acids is 1. The van der Waals surface area contributed by atoms with Gasteiger partial charge < -0.3 is 19.9 Å². The standard InChI is InChI=1S/C17H25N5O2/c1-11-9-18-14-13(11)15(20-10-19-14)22-7-5-12(6-8-22)21-16(23)24-17(2,3)4/h9-10,12H,5-8H2,1-4H3,(H,21,23)(H,18,19,20). The summed E-state index contributed by atoms with van der Waals surface area (Å²) in [6, 6.07) is 0.140. The van der Waals surface area contributed by atoms with Crippen LogP contribution >= 0.6 is 0 Å². The van der Waals surface area contributed by atoms with Gasteiger partial charge in [0.05, 0.1) is 5.39 Å². The van der Waals surface area contributed by atoms with Gasteiger partial charge in [-0.1, -0.05) is 0 Å². The Morgan fingerprint density at radius 1 is 1.33 bits per heavy atom. The first-order valence-electron chi connectivity index (χ1n) is 8.36. The van der Waals surface area contributed by atoms with Crippen molar-refractivity contribution in [2.75, 3.05) is 18.0 Å². The molecule has 0 spiro atoms. The number of anilines is 1. The van der Waals surface area contributed by atoms with E-state index in [-0.39, 0.29) is 12.1 Å². The van der Waals surface area contributed by atoms with E-state index in [2.05, 4.69) is 32.1 Å². The highest BCUT2D eigenvalue weighted by molar-refractivity contribution is 5.90. The Morgan fingerprint density at radius 2 is 2.04 bits per heavy atom. The van der Waals surface area contributed by atoms with Crippen molar-refractivity contribution in [1.29, 1.82) is 0 Å². The van der Waals surface area contributed by atoms with Gasteiger partial charge >= 0.3 is 6.09 Å². The molecular formula is C17H25N5O2. The summed E-state index contributed by atoms with van der Waals surface area (Å²) in [7, 11) is 0. The Hall–Kier alpha value is -2.31. The van der Waals surface area contributed by atoms with Crippen molar-refractivity contribution in [1.82, 2.24) is 20.3 Å². The van der Waals surface area contributed by atoms with E-state index >= 15 is 0 Å². The minimum atomic E-state index is -0.469. The Labute approximate surface area is 141 Å². The van der Waals surface area contributed by atoms with Crippen LogP contribution in [0.25, 0.3) is 11.0 Å². The second-order valence-corrected chi connectivity index (χ2v) is 7.30. The number of rotatable bonds is 2. The van der Waals surface area contributed by atoms with E-state index < -0.39 is 5.60 Å². The van der Waals surface area contributed by atoms with Gasteiger partial charge in [-0.3, -0.25) is 0 Å². The van der Waals surface area contributed by atoms with Gasteiger partial charge in [0, 0.05) is 25.3 Å². The SMILES string of the molecule is Cc1c[nH]c2ncnc(N3CCC(NC(=O)OC(C)(C)C)CC3)c12. The molecule has 0 saturated carbocycles. The van der Waals surface area contributed by atoms with Gasteiger partial charge in [-0.2, -0.15) is 0 Å². The summed E-state index contributed by atoms with van der Waals surface area (Å²) < 4.78 is 5.33. The predicted molar refractivity (Wildman–Crippen MR) is 93.2 cm³/mol. The molecule has 1 amide bonds. The number of carbonyl (C=O) groups is 1. The van der Waals surface area contributed by atoms with Crippen LogP contribution in [0.15, 0.2) is 12.5 Å². The van der Waals surface area contributed by atoms with Gasteiger partial charge in [0.1, 0.15) is 23.4 Å². The molecule has 0 aliphatic carbocycles. The molecule has 2 N–H and O–H groups in total. The molecule has 3 rings (SSSR count). The number of fused-ring (bicyclic) bond motifs is 1. The Morgan fingerprint density at radius 3 is 2.71 bits per heavy atom. The normalized spacial score (nSPS) is 16.4. The Kier molecular flexibility index (Phi) is 4.34. The minimum Gasteiger partial charge on any atom is -0.444 e. The predicted octanol–water partition coefficient (Wildman–Crippen LogP) is 2.76. The maximum Gasteiger partial charge on any atom is 0.407 e. The fraction of sp³-hybridized carbons (Fsp3) is 0.588. The number of hydrogen-bond donors (Lipinski definition) is 2. The van der Waals surface area contributed by atoms with Gasteiger partial charge in [-0.15, -0.1) is 0 Å². The first-order chi connectivity index (χ1) is 11.3. The molecule has 130 valence electrons. The molecule has 2 aromatic rings. The number of nitrogens with one attached hydrogen (secondary N) is 2. The zero-order valence-electron chi connectivity index (χ0n) is 14.7. The van der Waals surface area contributed by atoms with Gasteiger partial charge in [-0.25, -0.2) is 14.8 Å². The summed E-state index contributed by atoms with van der Waals surface area (Å²) in [5, 5.41) is 4.04. The average molecular weight is 331 g/mol. The van der Waals surface area contributed by atoms with E-state index in [1.807, 2.05) is 27.0 Å². The summed E-state index contributed by atoms with van der Waals surface area (Å²) in [6.45, 7) is 9.36. The maximum atomic E-state index is 11.9. The first kappa shape index (κ1) is 16.5. The largest absolute Gasteiger partial charge is 0.444 e. The topological polar surface area (TPSA) is 83.1 Å². The number of amides is 1. The van der Waals surface area contributed by atoms with Crippen LogP contribution in [-0.2, 0) is 4.74 Å². The van der Waals surface area contributed by atoms with Crippen molar-refractivity contribution in [2.24, 2.45) is 0 Å². The number of aryl methyl sites for hydroxylation is 1. The number of aromatic amines is 1. The van der Waals surface area contributed by atoms with E-state index in [4.69, 9.17) is 4.74 Å². The fourth-order valence-electron chi connectivity index (χ4n) is 3.05. The third-order valence-corrected chi connectivity index (χ3v) is 4.16. The number of hydrogen-bond acceptors (Lipinski definition) is 5. The van der Waals surface area contributed by atoms with Crippen molar-refractivity contribution in [3.05, 3.63) is 18.1 Å². The molecule has 3 heterocycles.